The van der Waals surface area contributed by atoms with E-state index in [4.69, 9.17) is 0 Å². The third-order valence-corrected chi connectivity index (χ3v) is 10.7. The minimum absolute atomic E-state index is 1.17. The molecule has 0 bridgehead atoms. The van der Waals surface area contributed by atoms with Crippen LogP contribution >= 0.6 is 11.8 Å². The Bertz CT molecular complexity index is 2660. The van der Waals surface area contributed by atoms with Gasteiger partial charge in [0.15, 0.2) is 0 Å². The van der Waals surface area contributed by atoms with Gasteiger partial charge in [-0.05, 0) is 92.0 Å². The maximum Gasteiger partial charge on any atom is 0.0553 e. The number of rotatable bonds is 3. The molecule has 0 amide bonds. The fourth-order valence-electron chi connectivity index (χ4n) is 7.62. The molecular weight excluding hydrogens is 575 g/mol. The Hall–Kier alpha value is -5.57. The second kappa shape index (κ2) is 9.97. The van der Waals surface area contributed by atoms with Crippen LogP contribution in [-0.4, -0.2) is 4.57 Å². The van der Waals surface area contributed by atoms with Crippen molar-refractivity contribution in [1.29, 1.82) is 0 Å². The van der Waals surface area contributed by atoms with Crippen molar-refractivity contribution >= 4 is 55.1 Å². The van der Waals surface area contributed by atoms with Crippen LogP contribution < -0.4 is 0 Å². The zero-order valence-corrected chi connectivity index (χ0v) is 25.8. The average Bonchev–Trinajstić information content (AvgIpc) is 3.45. The monoisotopic (exact) mass is 601 g/mol. The lowest BCUT2D eigenvalue weighted by molar-refractivity contribution is 1.18. The van der Waals surface area contributed by atoms with Gasteiger partial charge in [0.25, 0.3) is 0 Å². The lowest BCUT2D eigenvalue weighted by Gasteiger charge is -2.22. The smallest absolute Gasteiger partial charge is 0.0553 e. The van der Waals surface area contributed by atoms with E-state index >= 15 is 0 Å². The van der Waals surface area contributed by atoms with Crippen molar-refractivity contribution in [2.75, 3.05) is 0 Å². The van der Waals surface area contributed by atoms with Gasteiger partial charge < -0.3 is 4.57 Å². The van der Waals surface area contributed by atoms with Crippen LogP contribution in [0.25, 0.3) is 82.4 Å². The molecule has 0 aliphatic carbocycles. The van der Waals surface area contributed by atoms with Crippen molar-refractivity contribution in [3.8, 4) is 39.1 Å². The van der Waals surface area contributed by atoms with E-state index in [-0.39, 0.29) is 0 Å². The molecule has 1 aliphatic rings. The van der Waals surface area contributed by atoms with Crippen molar-refractivity contribution in [3.63, 3.8) is 0 Å². The van der Waals surface area contributed by atoms with Gasteiger partial charge in [0.1, 0.15) is 0 Å². The molecule has 0 radical (unpaired) electrons. The van der Waals surface area contributed by atoms with Gasteiger partial charge in [0.2, 0.25) is 0 Å². The molecule has 0 spiro atoms. The zero-order valence-electron chi connectivity index (χ0n) is 24.9. The van der Waals surface area contributed by atoms with Crippen molar-refractivity contribution in [2.45, 2.75) is 9.79 Å². The van der Waals surface area contributed by atoms with E-state index in [2.05, 4.69) is 168 Å². The fourth-order valence-corrected chi connectivity index (χ4v) is 8.75. The van der Waals surface area contributed by atoms with Crippen LogP contribution in [0.5, 0.6) is 0 Å². The molecule has 0 fully saturated rings. The van der Waals surface area contributed by atoms with E-state index in [1.807, 2.05) is 11.8 Å². The summed E-state index contributed by atoms with van der Waals surface area (Å²) in [4.78, 5) is 2.65. The predicted molar refractivity (Wildman–Crippen MR) is 196 cm³/mol. The molecule has 2 heteroatoms. The van der Waals surface area contributed by atoms with E-state index in [0.29, 0.717) is 0 Å². The number of para-hydroxylation sites is 2. The maximum absolute atomic E-state index is 2.42. The zero-order chi connectivity index (χ0) is 30.2. The highest BCUT2D eigenvalue weighted by Gasteiger charge is 2.22. The van der Waals surface area contributed by atoms with Crippen LogP contribution in [-0.2, 0) is 0 Å². The summed E-state index contributed by atoms with van der Waals surface area (Å²) in [5.74, 6) is 0. The summed E-state index contributed by atoms with van der Waals surface area (Å²) in [6.07, 6.45) is 0. The third-order valence-electron chi connectivity index (χ3n) is 9.56. The molecule has 0 saturated heterocycles. The Balaban J connectivity index is 1.26. The number of hydrogen-bond acceptors (Lipinski definition) is 1. The first-order valence-electron chi connectivity index (χ1n) is 15.8. The second-order valence-electron chi connectivity index (χ2n) is 12.1. The Morgan fingerprint density at radius 1 is 0.391 bits per heavy atom. The van der Waals surface area contributed by atoms with Gasteiger partial charge >= 0.3 is 0 Å². The van der Waals surface area contributed by atoms with Gasteiger partial charge in [-0.3, -0.25) is 0 Å². The van der Waals surface area contributed by atoms with Gasteiger partial charge in [-0.25, -0.2) is 0 Å². The normalized spacial score (nSPS) is 12.3. The Morgan fingerprint density at radius 3 is 2.04 bits per heavy atom. The first-order valence-corrected chi connectivity index (χ1v) is 16.6. The van der Waals surface area contributed by atoms with Crippen molar-refractivity contribution in [3.05, 3.63) is 164 Å². The first-order chi connectivity index (χ1) is 22.8. The predicted octanol–water partition coefficient (Wildman–Crippen LogP) is 12.6. The molecule has 1 nitrogen and oxygen atoms in total. The molecule has 1 aliphatic heterocycles. The standard InChI is InChI=1S/C44H27NS/c1-2-15-31(16-3-1)45-38-22-8-6-19-37(38)44-39(45)27-29-12-4-5-17-33(29)42(44)30-14-10-13-28(26-30)32-24-25-41-43-35(32)20-11-21-36(43)34-18-7-9-23-40(34)46-41/h1-27H. The summed E-state index contributed by atoms with van der Waals surface area (Å²) >= 11 is 1.88. The minimum Gasteiger partial charge on any atom is -0.309 e. The largest absolute Gasteiger partial charge is 0.309 e. The van der Waals surface area contributed by atoms with Gasteiger partial charge in [-0.1, -0.05) is 133 Å². The number of benzene rings is 8. The van der Waals surface area contributed by atoms with Crippen molar-refractivity contribution < 1.29 is 0 Å². The quantitative estimate of drug-likeness (QED) is 0.195. The van der Waals surface area contributed by atoms with Gasteiger partial charge in [0, 0.05) is 31.6 Å². The molecule has 214 valence electrons. The topological polar surface area (TPSA) is 4.93 Å². The van der Waals surface area contributed by atoms with E-state index < -0.39 is 0 Å². The van der Waals surface area contributed by atoms with E-state index in [0.717, 1.165) is 0 Å². The van der Waals surface area contributed by atoms with Crippen LogP contribution in [0.3, 0.4) is 0 Å². The SMILES string of the molecule is c1ccc(-n2c3ccccc3c3c(-c4cccc(-c5ccc6c7c(cccc57)-c5ccccc5S6)c4)c4ccccc4cc32)cc1. The minimum atomic E-state index is 1.17. The third kappa shape index (κ3) is 3.71. The lowest BCUT2D eigenvalue weighted by atomic mass is 9.89. The molecule has 46 heavy (non-hydrogen) atoms. The first kappa shape index (κ1) is 25.7. The van der Waals surface area contributed by atoms with Crippen LogP contribution in [0.2, 0.25) is 0 Å². The van der Waals surface area contributed by atoms with Crippen molar-refractivity contribution in [2.24, 2.45) is 0 Å². The summed E-state index contributed by atoms with van der Waals surface area (Å²) in [5.41, 5.74) is 11.3. The molecule has 0 atom stereocenters. The highest BCUT2D eigenvalue weighted by atomic mass is 32.2. The highest BCUT2D eigenvalue weighted by Crippen LogP contribution is 2.50. The maximum atomic E-state index is 2.42. The Labute approximate surface area is 271 Å². The van der Waals surface area contributed by atoms with Gasteiger partial charge in [0.05, 0.1) is 11.0 Å². The van der Waals surface area contributed by atoms with Crippen LogP contribution in [0, 0.1) is 0 Å². The Morgan fingerprint density at radius 2 is 1.11 bits per heavy atom. The number of hydrogen-bond donors (Lipinski definition) is 0. The van der Waals surface area contributed by atoms with Crippen LogP contribution in [0.4, 0.5) is 0 Å². The van der Waals surface area contributed by atoms with Gasteiger partial charge in [-0.15, -0.1) is 0 Å². The number of nitrogens with zero attached hydrogens (tertiary/aromatic N) is 1. The Kier molecular flexibility index (Phi) is 5.58. The molecule has 0 N–H and O–H groups in total. The summed E-state index contributed by atoms with van der Waals surface area (Å²) < 4.78 is 2.42. The van der Waals surface area contributed by atoms with Crippen LogP contribution in [0.15, 0.2) is 174 Å². The molecule has 9 aromatic rings. The molecular formula is C44H27NS. The summed E-state index contributed by atoms with van der Waals surface area (Å²) in [7, 11) is 0. The van der Waals surface area contributed by atoms with Crippen molar-refractivity contribution in [1.82, 2.24) is 4.57 Å². The molecule has 0 saturated carbocycles. The molecule has 1 aromatic heterocycles. The average molecular weight is 602 g/mol. The van der Waals surface area contributed by atoms with E-state index in [9.17, 15) is 0 Å². The number of fused-ring (bicyclic) bond motifs is 6. The van der Waals surface area contributed by atoms with Gasteiger partial charge in [-0.2, -0.15) is 0 Å². The summed E-state index contributed by atoms with van der Waals surface area (Å²) in [6.45, 7) is 0. The van der Waals surface area contributed by atoms with E-state index in [1.54, 1.807) is 0 Å². The molecule has 10 rings (SSSR count). The fraction of sp³-hybridized carbons (Fsp3) is 0. The lowest BCUT2D eigenvalue weighted by Crippen LogP contribution is -1.94. The van der Waals surface area contributed by atoms with Crippen LogP contribution in [0.1, 0.15) is 0 Å². The molecule has 2 heterocycles. The summed E-state index contributed by atoms with van der Waals surface area (Å²) in [6, 6.07) is 60.2. The summed E-state index contributed by atoms with van der Waals surface area (Å²) in [5, 5.41) is 7.73. The molecule has 8 aromatic carbocycles. The second-order valence-corrected chi connectivity index (χ2v) is 13.2. The number of aromatic nitrogens is 1. The van der Waals surface area contributed by atoms with E-state index in [1.165, 1.54) is 92.2 Å². The highest BCUT2D eigenvalue weighted by molar-refractivity contribution is 7.99. The molecule has 0 unspecified atom stereocenters.